The molecule has 7 nitrogen and oxygen atoms in total. The molecule has 0 aliphatic carbocycles. The molecule has 0 atom stereocenters. The summed E-state index contributed by atoms with van der Waals surface area (Å²) in [7, 11) is 5.23. The third-order valence-corrected chi connectivity index (χ3v) is 4.39. The number of aliphatic imine (C=N–C) groups is 2. The predicted molar refractivity (Wildman–Crippen MR) is 116 cm³/mol. The Hall–Kier alpha value is -3.32. The van der Waals surface area contributed by atoms with Crippen LogP contribution in [-0.2, 0) is 9.53 Å². The number of ether oxygens (including phenoxy) is 1. The summed E-state index contributed by atoms with van der Waals surface area (Å²) in [6.45, 7) is 1.01. The zero-order chi connectivity index (χ0) is 20.6. The number of benzene rings is 2. The number of hydrogen-bond donors (Lipinski definition) is 1. The number of carbonyl (C=O) groups excluding carboxylic acids is 1. The van der Waals surface area contributed by atoms with E-state index >= 15 is 0 Å². The van der Waals surface area contributed by atoms with E-state index in [0.29, 0.717) is 31.1 Å². The second-order valence-electron chi connectivity index (χ2n) is 6.82. The van der Waals surface area contributed by atoms with Crippen molar-refractivity contribution in [3.8, 4) is 0 Å². The predicted octanol–water partition coefficient (Wildman–Crippen LogP) is 2.64. The van der Waals surface area contributed by atoms with Crippen molar-refractivity contribution < 1.29 is 9.53 Å². The highest BCUT2D eigenvalue weighted by molar-refractivity contribution is 6.36. The number of nitrogens with zero attached hydrogens (tertiary/aromatic N) is 4. The van der Waals surface area contributed by atoms with Crippen molar-refractivity contribution >= 4 is 28.9 Å². The largest absolute Gasteiger partial charge is 0.464 e. The normalized spacial score (nSPS) is 13.9. The average molecular weight is 391 g/mol. The van der Waals surface area contributed by atoms with Crippen LogP contribution in [0.3, 0.4) is 0 Å². The third kappa shape index (κ3) is 5.36. The molecule has 0 amide bonds. The topological polar surface area (TPSA) is 78.6 Å². The van der Waals surface area contributed by atoms with E-state index in [-0.39, 0.29) is 0 Å². The Bertz CT molecular complexity index is 949. The van der Waals surface area contributed by atoms with Gasteiger partial charge in [-0.15, -0.1) is 0 Å². The number of rotatable bonds is 6. The van der Waals surface area contributed by atoms with Crippen LogP contribution in [0.25, 0.3) is 0 Å². The summed E-state index contributed by atoms with van der Waals surface area (Å²) in [5.74, 6) is 0.108. The molecule has 29 heavy (non-hydrogen) atoms. The Labute approximate surface area is 170 Å². The SMILES string of the molecule is COC(=O)C(CCN(C)C)=NNC1=Nc2ccccc2C(c2ccccc2)=NC1. The van der Waals surface area contributed by atoms with Gasteiger partial charge in [-0.2, -0.15) is 5.10 Å². The lowest BCUT2D eigenvalue weighted by molar-refractivity contribution is -0.132. The first kappa shape index (κ1) is 20.4. The van der Waals surface area contributed by atoms with Crippen molar-refractivity contribution in [2.45, 2.75) is 6.42 Å². The van der Waals surface area contributed by atoms with Gasteiger partial charge in [0.25, 0.3) is 0 Å². The smallest absolute Gasteiger partial charge is 0.354 e. The maximum Gasteiger partial charge on any atom is 0.354 e. The summed E-state index contributed by atoms with van der Waals surface area (Å²) in [4.78, 5) is 23.5. The number of fused-ring (bicyclic) bond motifs is 1. The van der Waals surface area contributed by atoms with E-state index in [1.54, 1.807) is 0 Å². The second kappa shape index (κ2) is 9.75. The summed E-state index contributed by atoms with van der Waals surface area (Å²) in [5, 5.41) is 4.27. The number of amidine groups is 1. The van der Waals surface area contributed by atoms with Crippen LogP contribution >= 0.6 is 0 Å². The lowest BCUT2D eigenvalue weighted by Gasteiger charge is -2.10. The van der Waals surface area contributed by atoms with Crippen molar-refractivity contribution in [1.82, 2.24) is 10.3 Å². The van der Waals surface area contributed by atoms with Crippen LogP contribution in [-0.4, -0.2) is 62.4 Å². The van der Waals surface area contributed by atoms with Gasteiger partial charge in [0.1, 0.15) is 11.5 Å². The minimum atomic E-state index is -0.456. The van der Waals surface area contributed by atoms with Gasteiger partial charge in [0.05, 0.1) is 25.1 Å². The van der Waals surface area contributed by atoms with Crippen molar-refractivity contribution in [1.29, 1.82) is 0 Å². The van der Waals surface area contributed by atoms with E-state index in [1.807, 2.05) is 73.6 Å². The molecule has 0 fully saturated rings. The minimum Gasteiger partial charge on any atom is -0.464 e. The lowest BCUT2D eigenvalue weighted by Crippen LogP contribution is -2.28. The highest BCUT2D eigenvalue weighted by atomic mass is 16.5. The Kier molecular flexibility index (Phi) is 6.86. The van der Waals surface area contributed by atoms with E-state index in [0.717, 1.165) is 22.5 Å². The molecule has 150 valence electrons. The van der Waals surface area contributed by atoms with Gasteiger partial charge in [-0.3, -0.25) is 10.4 Å². The van der Waals surface area contributed by atoms with Crippen LogP contribution in [0, 0.1) is 0 Å². The summed E-state index contributed by atoms with van der Waals surface area (Å²) >= 11 is 0. The zero-order valence-corrected chi connectivity index (χ0v) is 16.9. The number of methoxy groups -OCH3 is 1. The summed E-state index contributed by atoms with van der Waals surface area (Å²) in [5.41, 5.74) is 6.91. The van der Waals surface area contributed by atoms with Gasteiger partial charge in [-0.1, -0.05) is 48.5 Å². The molecule has 2 aromatic rings. The Morgan fingerprint density at radius 2 is 1.86 bits per heavy atom. The van der Waals surface area contributed by atoms with Gasteiger partial charge in [-0.05, 0) is 20.2 Å². The Morgan fingerprint density at radius 1 is 1.14 bits per heavy atom. The molecule has 7 heteroatoms. The standard InChI is InChI=1S/C22H25N5O2/c1-27(2)14-13-19(22(28)29-3)25-26-20-15-23-21(16-9-5-4-6-10-16)17-11-7-8-12-18(17)24-20/h4-12H,13-15H2,1-3H3,(H,24,26). The summed E-state index contributed by atoms with van der Waals surface area (Å²) < 4.78 is 4.84. The molecular weight excluding hydrogens is 366 g/mol. The van der Waals surface area contributed by atoms with E-state index in [4.69, 9.17) is 9.73 Å². The molecule has 0 saturated heterocycles. The van der Waals surface area contributed by atoms with Crippen LogP contribution in [0.2, 0.25) is 0 Å². The quantitative estimate of drug-likeness (QED) is 0.466. The van der Waals surface area contributed by atoms with Crippen molar-refractivity contribution in [3.05, 3.63) is 65.7 Å². The number of nitrogens with one attached hydrogen (secondary N) is 1. The van der Waals surface area contributed by atoms with Gasteiger partial charge in [0, 0.05) is 24.1 Å². The molecule has 2 aromatic carbocycles. The first-order valence-electron chi connectivity index (χ1n) is 9.41. The maximum atomic E-state index is 12.0. The van der Waals surface area contributed by atoms with Gasteiger partial charge < -0.3 is 9.64 Å². The lowest BCUT2D eigenvalue weighted by atomic mass is 10.0. The highest BCUT2D eigenvalue weighted by Gasteiger charge is 2.17. The number of esters is 1. The fourth-order valence-corrected chi connectivity index (χ4v) is 2.88. The summed E-state index contributed by atoms with van der Waals surface area (Å²) in [6.07, 6.45) is 0.467. The molecule has 0 aromatic heterocycles. The average Bonchev–Trinajstić information content (AvgIpc) is 2.93. The van der Waals surface area contributed by atoms with Crippen LogP contribution in [0.4, 0.5) is 5.69 Å². The molecular formula is C22H25N5O2. The molecule has 3 rings (SSSR count). The fraction of sp³-hybridized carbons (Fsp3) is 0.273. The molecule has 0 unspecified atom stereocenters. The molecule has 0 spiro atoms. The highest BCUT2D eigenvalue weighted by Crippen LogP contribution is 2.24. The van der Waals surface area contributed by atoms with E-state index in [1.165, 1.54) is 7.11 Å². The number of hydrazone groups is 1. The molecule has 1 heterocycles. The van der Waals surface area contributed by atoms with Crippen LogP contribution in [0.15, 0.2) is 69.7 Å². The Morgan fingerprint density at radius 3 is 2.59 bits per heavy atom. The van der Waals surface area contributed by atoms with Crippen molar-refractivity contribution in [2.24, 2.45) is 15.1 Å². The number of carbonyl (C=O) groups is 1. The van der Waals surface area contributed by atoms with E-state index in [9.17, 15) is 4.79 Å². The van der Waals surface area contributed by atoms with Gasteiger partial charge in [0.15, 0.2) is 0 Å². The van der Waals surface area contributed by atoms with E-state index < -0.39 is 5.97 Å². The van der Waals surface area contributed by atoms with Crippen LogP contribution in [0.5, 0.6) is 0 Å². The first-order chi connectivity index (χ1) is 14.1. The third-order valence-electron chi connectivity index (χ3n) is 4.39. The Balaban J connectivity index is 1.88. The first-order valence-corrected chi connectivity index (χ1v) is 9.41. The molecule has 0 saturated carbocycles. The number of para-hydroxylation sites is 1. The summed E-state index contributed by atoms with van der Waals surface area (Å²) in [6, 6.07) is 17.9. The monoisotopic (exact) mass is 391 g/mol. The van der Waals surface area contributed by atoms with Crippen molar-refractivity contribution in [3.63, 3.8) is 0 Å². The van der Waals surface area contributed by atoms with Crippen molar-refractivity contribution in [2.75, 3.05) is 34.3 Å². The van der Waals surface area contributed by atoms with Crippen LogP contribution < -0.4 is 5.43 Å². The second-order valence-corrected chi connectivity index (χ2v) is 6.82. The van der Waals surface area contributed by atoms with E-state index in [2.05, 4.69) is 15.5 Å². The number of hydrogen-bond acceptors (Lipinski definition) is 7. The van der Waals surface area contributed by atoms with Gasteiger partial charge in [-0.25, -0.2) is 9.79 Å². The minimum absolute atomic E-state index is 0.314. The maximum absolute atomic E-state index is 12.0. The fourth-order valence-electron chi connectivity index (χ4n) is 2.88. The van der Waals surface area contributed by atoms with Crippen LogP contribution in [0.1, 0.15) is 17.5 Å². The molecule has 0 radical (unpaired) electrons. The zero-order valence-electron chi connectivity index (χ0n) is 16.9. The van der Waals surface area contributed by atoms with Gasteiger partial charge >= 0.3 is 5.97 Å². The molecule has 0 bridgehead atoms. The molecule has 1 aliphatic heterocycles. The van der Waals surface area contributed by atoms with Gasteiger partial charge in [0.2, 0.25) is 0 Å². The molecule has 1 aliphatic rings. The molecule has 1 N–H and O–H groups in total.